The molecule has 0 aliphatic heterocycles. The number of rotatable bonds is 2. The van der Waals surface area contributed by atoms with Crippen molar-refractivity contribution in [3.05, 3.63) is 34.9 Å². The van der Waals surface area contributed by atoms with Gasteiger partial charge in [0.1, 0.15) is 11.5 Å². The van der Waals surface area contributed by atoms with Crippen molar-refractivity contribution < 1.29 is 14.6 Å². The second-order valence-electron chi connectivity index (χ2n) is 3.12. The van der Waals surface area contributed by atoms with Gasteiger partial charge in [-0.25, -0.2) is 0 Å². The summed E-state index contributed by atoms with van der Waals surface area (Å²) in [5, 5.41) is 10.9. The number of allylic oxidation sites excluding steroid dienone is 1. The number of ether oxygens (including phenoxy) is 1. The monoisotopic (exact) mass is 220 g/mol. The van der Waals surface area contributed by atoms with Gasteiger partial charge in [-0.1, -0.05) is 12.2 Å². The summed E-state index contributed by atoms with van der Waals surface area (Å²) in [5.74, 6) is 0.294. The highest BCUT2D eigenvalue weighted by Gasteiger charge is 2.28. The fourth-order valence-corrected chi connectivity index (χ4v) is 1.77. The van der Waals surface area contributed by atoms with Crippen LogP contribution in [0.3, 0.4) is 0 Å². The van der Waals surface area contributed by atoms with Gasteiger partial charge >= 0.3 is 0 Å². The molecule has 0 atom stereocenters. The first-order valence-corrected chi connectivity index (χ1v) is 4.77. The quantitative estimate of drug-likeness (QED) is 0.776. The fraction of sp³-hybridized carbons (Fsp3) is 0.0909. The van der Waals surface area contributed by atoms with Gasteiger partial charge in [-0.05, 0) is 18.2 Å². The van der Waals surface area contributed by atoms with Crippen LogP contribution < -0.4 is 4.74 Å². The number of methoxy groups -OCH3 is 1. The molecule has 1 aromatic rings. The molecule has 0 fully saturated rings. The molecule has 0 heterocycles. The van der Waals surface area contributed by atoms with Crippen LogP contribution in [-0.4, -0.2) is 23.4 Å². The molecule has 1 N–H and O–H groups in total. The second kappa shape index (κ2) is 3.47. The van der Waals surface area contributed by atoms with Gasteiger partial charge in [0, 0.05) is 16.5 Å². The Balaban J connectivity index is 2.64. The summed E-state index contributed by atoms with van der Waals surface area (Å²) in [6.07, 6.45) is 0. The average molecular weight is 220 g/mol. The minimum absolute atomic E-state index is 0.0658. The number of fused-ring (bicyclic) bond motifs is 1. The summed E-state index contributed by atoms with van der Waals surface area (Å²) in [7, 11) is 1.53. The van der Waals surface area contributed by atoms with Crippen LogP contribution in [-0.2, 0) is 0 Å². The predicted molar refractivity (Wildman–Crippen MR) is 60.5 cm³/mol. The number of benzene rings is 1. The molecule has 15 heavy (non-hydrogen) atoms. The van der Waals surface area contributed by atoms with Crippen molar-refractivity contribution >= 4 is 29.1 Å². The van der Waals surface area contributed by atoms with Gasteiger partial charge in [-0.15, -0.1) is 0 Å². The van der Waals surface area contributed by atoms with Gasteiger partial charge in [-0.2, -0.15) is 0 Å². The molecule has 3 nitrogen and oxygen atoms in total. The first-order chi connectivity index (χ1) is 7.19. The number of thiocarbonyl (C=S) groups is 1. The Kier molecular flexibility index (Phi) is 2.28. The standard InChI is InChI=1S/C11H8O3S/c1-14-6-2-3-7-8(4-6)11(13)9(5-15)10(7)12/h2-5,13H,1H3. The van der Waals surface area contributed by atoms with E-state index in [0.29, 0.717) is 16.9 Å². The van der Waals surface area contributed by atoms with Crippen molar-refractivity contribution in [1.82, 2.24) is 0 Å². The summed E-state index contributed by atoms with van der Waals surface area (Å²) >= 11 is 4.68. The van der Waals surface area contributed by atoms with E-state index < -0.39 is 0 Å². The van der Waals surface area contributed by atoms with Gasteiger partial charge < -0.3 is 9.84 Å². The number of hydrogen-bond acceptors (Lipinski definition) is 4. The molecule has 0 spiro atoms. The minimum Gasteiger partial charge on any atom is -0.506 e. The second-order valence-corrected chi connectivity index (χ2v) is 3.36. The maximum absolute atomic E-state index is 11.7. The van der Waals surface area contributed by atoms with Gasteiger partial charge in [0.2, 0.25) is 0 Å². The molecule has 0 unspecified atom stereocenters. The molecule has 0 amide bonds. The highest BCUT2D eigenvalue weighted by Crippen LogP contribution is 2.32. The Labute approximate surface area is 92.0 Å². The molecular formula is C11H8O3S. The van der Waals surface area contributed by atoms with Crippen LogP contribution in [0.1, 0.15) is 15.9 Å². The van der Waals surface area contributed by atoms with Crippen LogP contribution >= 0.6 is 12.2 Å². The number of Topliss-reactive ketones (excluding diaryl/α,β-unsaturated/α-hetero) is 1. The number of hydrogen-bond donors (Lipinski definition) is 1. The SMILES string of the molecule is COc1ccc2c(c1)C(O)=C(C=S)C2=O. The molecule has 1 aliphatic rings. The average Bonchev–Trinajstić information content (AvgIpc) is 2.51. The van der Waals surface area contributed by atoms with Crippen LogP contribution in [0.2, 0.25) is 0 Å². The Bertz CT molecular complexity index is 489. The van der Waals surface area contributed by atoms with Gasteiger partial charge in [-0.3, -0.25) is 4.79 Å². The highest BCUT2D eigenvalue weighted by atomic mass is 32.1. The molecule has 2 rings (SSSR count). The Hall–Kier alpha value is -1.68. The van der Waals surface area contributed by atoms with E-state index in [4.69, 9.17) is 4.74 Å². The van der Waals surface area contributed by atoms with Crippen LogP contribution in [0.5, 0.6) is 5.75 Å². The highest BCUT2D eigenvalue weighted by molar-refractivity contribution is 7.79. The lowest BCUT2D eigenvalue weighted by atomic mass is 10.1. The Morgan fingerprint density at radius 3 is 2.73 bits per heavy atom. The van der Waals surface area contributed by atoms with Gasteiger partial charge in [0.25, 0.3) is 0 Å². The zero-order valence-electron chi connectivity index (χ0n) is 7.98. The van der Waals surface area contributed by atoms with Crippen LogP contribution in [0.4, 0.5) is 0 Å². The molecule has 0 bridgehead atoms. The lowest BCUT2D eigenvalue weighted by Gasteiger charge is -2.02. The van der Waals surface area contributed by atoms with E-state index in [2.05, 4.69) is 12.2 Å². The van der Waals surface area contributed by atoms with Crippen molar-refractivity contribution in [2.24, 2.45) is 0 Å². The van der Waals surface area contributed by atoms with Crippen molar-refractivity contribution in [3.8, 4) is 5.75 Å². The summed E-state index contributed by atoms with van der Waals surface area (Å²) in [6.45, 7) is 0. The van der Waals surface area contributed by atoms with Crippen molar-refractivity contribution in [1.29, 1.82) is 0 Å². The van der Waals surface area contributed by atoms with Crippen LogP contribution in [0.15, 0.2) is 23.8 Å². The summed E-state index contributed by atoms with van der Waals surface area (Å²) in [4.78, 5) is 11.7. The van der Waals surface area contributed by atoms with Crippen molar-refractivity contribution in [3.63, 3.8) is 0 Å². The minimum atomic E-state index is -0.236. The summed E-state index contributed by atoms with van der Waals surface area (Å²) in [6, 6.07) is 4.92. The molecule has 0 saturated heterocycles. The van der Waals surface area contributed by atoms with E-state index in [0.717, 1.165) is 0 Å². The van der Waals surface area contributed by atoms with E-state index in [9.17, 15) is 9.90 Å². The van der Waals surface area contributed by atoms with E-state index in [-0.39, 0.29) is 17.1 Å². The fourth-order valence-electron chi connectivity index (χ4n) is 1.55. The molecular weight excluding hydrogens is 212 g/mol. The molecule has 76 valence electrons. The largest absolute Gasteiger partial charge is 0.506 e. The molecule has 1 aromatic carbocycles. The molecule has 4 heteroatoms. The third-order valence-corrected chi connectivity index (χ3v) is 2.58. The summed E-state index contributed by atoms with van der Waals surface area (Å²) in [5.41, 5.74) is 1.12. The zero-order valence-corrected chi connectivity index (χ0v) is 8.80. The Morgan fingerprint density at radius 2 is 2.13 bits per heavy atom. The van der Waals surface area contributed by atoms with Crippen LogP contribution in [0, 0.1) is 0 Å². The maximum Gasteiger partial charge on any atom is 0.198 e. The molecule has 0 radical (unpaired) electrons. The molecule has 1 aliphatic carbocycles. The lowest BCUT2D eigenvalue weighted by molar-refractivity contribution is 0.104. The first-order valence-electron chi connectivity index (χ1n) is 4.30. The van der Waals surface area contributed by atoms with Crippen molar-refractivity contribution in [2.75, 3.05) is 7.11 Å². The summed E-state index contributed by atoms with van der Waals surface area (Å²) < 4.78 is 5.01. The smallest absolute Gasteiger partial charge is 0.198 e. The number of aliphatic hydroxyl groups excluding tert-OH is 1. The van der Waals surface area contributed by atoms with E-state index in [1.54, 1.807) is 18.2 Å². The third-order valence-electron chi connectivity index (χ3n) is 2.34. The maximum atomic E-state index is 11.7. The van der Waals surface area contributed by atoms with Crippen LogP contribution in [0.25, 0.3) is 5.76 Å². The van der Waals surface area contributed by atoms with E-state index >= 15 is 0 Å². The van der Waals surface area contributed by atoms with Crippen molar-refractivity contribution in [2.45, 2.75) is 0 Å². The predicted octanol–water partition coefficient (Wildman–Crippen LogP) is 2.16. The number of carbonyl (C=O) groups is 1. The lowest BCUT2D eigenvalue weighted by Crippen LogP contribution is -1.98. The third kappa shape index (κ3) is 1.34. The van der Waals surface area contributed by atoms with Gasteiger partial charge in [0.05, 0.1) is 12.7 Å². The van der Waals surface area contributed by atoms with E-state index in [1.165, 1.54) is 12.5 Å². The number of carbonyl (C=O) groups excluding carboxylic acids is 1. The van der Waals surface area contributed by atoms with E-state index in [1.807, 2.05) is 0 Å². The Morgan fingerprint density at radius 1 is 1.40 bits per heavy atom. The zero-order chi connectivity index (χ0) is 11.0. The first kappa shape index (κ1) is 9.86. The molecule has 0 aromatic heterocycles. The topological polar surface area (TPSA) is 46.5 Å². The normalized spacial score (nSPS) is 14.1. The number of aliphatic hydroxyl groups is 1. The molecule has 0 saturated carbocycles. The van der Waals surface area contributed by atoms with Gasteiger partial charge in [0.15, 0.2) is 5.78 Å². The number of ketones is 1.